The summed E-state index contributed by atoms with van der Waals surface area (Å²) in [5.41, 5.74) is 12.0. The highest BCUT2D eigenvalue weighted by Gasteiger charge is 2.41. The van der Waals surface area contributed by atoms with Gasteiger partial charge in [0.25, 0.3) is 11.8 Å². The summed E-state index contributed by atoms with van der Waals surface area (Å²) in [5.74, 6) is -3.60. The summed E-state index contributed by atoms with van der Waals surface area (Å²) in [4.78, 5) is 156. The maximum Gasteiger partial charge on any atom is 0.328 e. The van der Waals surface area contributed by atoms with Crippen molar-refractivity contribution >= 4 is 107 Å². The van der Waals surface area contributed by atoms with E-state index in [1.54, 1.807) is 19.6 Å². The number of aliphatic imine (C=N–C) groups is 2. The van der Waals surface area contributed by atoms with Gasteiger partial charge >= 0.3 is 35.9 Å². The van der Waals surface area contributed by atoms with Crippen LogP contribution < -0.4 is 59.3 Å². The molecule has 0 aliphatic carbocycles. The fourth-order valence-corrected chi connectivity index (χ4v) is 15.4. The van der Waals surface area contributed by atoms with Gasteiger partial charge in [-0.3, -0.25) is 58.0 Å². The third-order valence-corrected chi connectivity index (χ3v) is 20.7. The maximum atomic E-state index is 13.7. The van der Waals surface area contributed by atoms with Crippen molar-refractivity contribution in [2.45, 2.75) is 137 Å². The molecule has 0 bridgehead atoms. The molecule has 16 N–H and O–H groups in total. The molecule has 7 amide bonds. The molecule has 102 heavy (non-hydrogen) atoms. The Morgan fingerprint density at radius 2 is 0.912 bits per heavy atom. The topological polar surface area (TPSA) is 483 Å². The van der Waals surface area contributed by atoms with Gasteiger partial charge in [-0.2, -0.15) is 23.5 Å². The second kappa shape index (κ2) is 45.3. The number of carbonyl (C=O) groups is 11. The normalized spacial score (nSPS) is 20.8. The number of hydrogen-bond acceptors (Lipinski definition) is 27. The highest BCUT2D eigenvalue weighted by Crippen LogP contribution is 2.36. The number of guanidine groups is 2. The van der Waals surface area contributed by atoms with Crippen LogP contribution in [0.2, 0.25) is 0 Å². The Morgan fingerprint density at radius 1 is 0.510 bits per heavy atom. The molecular weight excluding hydrogens is 1370 g/mol. The predicted molar refractivity (Wildman–Crippen MR) is 381 cm³/mol. The zero-order chi connectivity index (χ0) is 73.8. The highest BCUT2D eigenvalue weighted by atomic mass is 32.2. The lowest BCUT2D eigenvalue weighted by molar-refractivity contribution is -0.145. The minimum absolute atomic E-state index is 0.0495. The summed E-state index contributed by atoms with van der Waals surface area (Å²) in [6.07, 6.45) is 7.34. The third-order valence-electron chi connectivity index (χ3n) is 17.7. The van der Waals surface area contributed by atoms with Gasteiger partial charge in [-0.1, -0.05) is 12.8 Å². The smallest absolute Gasteiger partial charge is 0.328 e. The molecule has 6 rings (SSSR count). The van der Waals surface area contributed by atoms with E-state index in [1.165, 1.54) is 32.4 Å². The predicted octanol–water partition coefficient (Wildman–Crippen LogP) is -1.79. The van der Waals surface area contributed by atoms with Crippen LogP contribution in [0.25, 0.3) is 0 Å². The van der Waals surface area contributed by atoms with Crippen molar-refractivity contribution in [3.8, 4) is 0 Å². The molecule has 8 atom stereocenters. The zero-order valence-corrected chi connectivity index (χ0v) is 60.1. The Labute approximate surface area is 602 Å². The third kappa shape index (κ3) is 31.0. The van der Waals surface area contributed by atoms with E-state index in [0.29, 0.717) is 60.9 Å². The molecule has 0 unspecified atom stereocenters. The molecular formula is C65H105N17O18S2. The number of ether oxygens (including phenoxy) is 4. The second-order valence-corrected chi connectivity index (χ2v) is 28.1. The van der Waals surface area contributed by atoms with E-state index < -0.39 is 59.8 Å². The van der Waals surface area contributed by atoms with E-state index >= 15 is 0 Å². The molecule has 5 heterocycles. The van der Waals surface area contributed by atoms with Gasteiger partial charge in [0.15, 0.2) is 11.9 Å². The van der Waals surface area contributed by atoms with E-state index in [4.69, 9.17) is 30.4 Å². The minimum atomic E-state index is -1.06. The van der Waals surface area contributed by atoms with Crippen LogP contribution in [-0.2, 0) is 57.3 Å². The van der Waals surface area contributed by atoms with Gasteiger partial charge < -0.3 is 93.6 Å². The Hall–Kier alpha value is -7.81. The van der Waals surface area contributed by atoms with Crippen LogP contribution in [0.15, 0.2) is 28.2 Å². The molecule has 0 saturated carbocycles. The number of unbranched alkanes of at least 4 members (excludes halogenated alkanes) is 4. The highest BCUT2D eigenvalue weighted by molar-refractivity contribution is 8.00. The summed E-state index contributed by atoms with van der Waals surface area (Å²) in [5, 5.41) is 55.1. The van der Waals surface area contributed by atoms with Crippen LogP contribution in [0.5, 0.6) is 0 Å². The number of benzene rings is 1. The fourth-order valence-electron chi connectivity index (χ4n) is 12.4. The molecule has 570 valence electrons. The van der Waals surface area contributed by atoms with Crippen molar-refractivity contribution < 1.29 is 87.0 Å². The number of fused-ring (bicyclic) bond motifs is 2. The number of nitrogens with two attached hydrogens (primary N) is 2. The summed E-state index contributed by atoms with van der Waals surface area (Å²) in [7, 11) is 2.49. The van der Waals surface area contributed by atoms with Gasteiger partial charge in [-0.05, 0) is 82.4 Å². The molecule has 0 spiro atoms. The number of thioether (sulfide) groups is 2. The molecule has 5 aliphatic rings. The van der Waals surface area contributed by atoms with E-state index in [2.05, 4.69) is 57.8 Å². The van der Waals surface area contributed by atoms with Crippen LogP contribution in [0.1, 0.15) is 111 Å². The lowest BCUT2D eigenvalue weighted by Crippen LogP contribution is -2.50. The first-order valence-electron chi connectivity index (χ1n) is 35.0. The van der Waals surface area contributed by atoms with Gasteiger partial charge in [0.2, 0.25) is 17.7 Å². The molecule has 1 aromatic carbocycles. The van der Waals surface area contributed by atoms with Gasteiger partial charge in [-0.25, -0.2) is 24.4 Å². The number of urea groups is 1. The lowest BCUT2D eigenvalue weighted by atomic mass is 10.0. The number of carbonyl (C=O) groups excluding carboxylic acids is 8. The van der Waals surface area contributed by atoms with Crippen molar-refractivity contribution in [2.75, 3.05) is 162 Å². The molecule has 3 saturated heterocycles. The van der Waals surface area contributed by atoms with Gasteiger partial charge in [0, 0.05) is 130 Å². The lowest BCUT2D eigenvalue weighted by Gasteiger charge is -2.32. The first-order chi connectivity index (χ1) is 49.0. The Morgan fingerprint density at radius 3 is 1.31 bits per heavy atom. The number of esters is 2. The van der Waals surface area contributed by atoms with Crippen molar-refractivity contribution in [1.29, 1.82) is 0 Å². The van der Waals surface area contributed by atoms with Crippen molar-refractivity contribution in [1.82, 2.24) is 62.1 Å². The average molecular weight is 1480 g/mol. The van der Waals surface area contributed by atoms with Crippen LogP contribution in [-0.4, -0.2) is 316 Å². The number of aliphatic carboxylic acids is 3. The first kappa shape index (κ1) is 83.1. The Bertz CT molecular complexity index is 2860. The Balaban J connectivity index is 0.928. The molecule has 0 radical (unpaired) electrons. The number of rotatable bonds is 44. The minimum Gasteiger partial charge on any atom is -0.480 e. The standard InChI is InChI=1S/C65H105N17O18S2/c1-97-61(94)45(73-51(83)15-5-3-13-49-57-47(40-101-49)75-63(66)77-57)11-7-9-17-69-59(92)42-33-43(60(93)70-18-10-8-12-46(62(95)98-2)74-52(84)16-6-4-14-50-58-48(41-102-50)76-64(67)78-58)35-44(34-42)72-65(96)71-20-30-100-32-31-99-29-19-68-53(85)36-79-21-23-80(37-54(86)87)25-27-82(39-56(90)91)28-26-81(24-22-79)38-55(88)89/h33-35,45-50,57-58H,3-32,36-41H2,1-2H3,(H,68,85)(H,69,92)(H,70,93)(H,73,83)(H,74,84)(H,86,87)(H,88,89)(H,90,91)(H3,66,75,77)(H3,67,76,78)(H2,71,72,96)/t45-,46-,47-,48-,49-,50-,57-,58-/m0/s1. The number of carboxylic acids is 3. The van der Waals surface area contributed by atoms with Gasteiger partial charge in [0.1, 0.15) is 12.1 Å². The first-order valence-corrected chi connectivity index (χ1v) is 37.1. The Kier molecular flexibility index (Phi) is 36.9. The zero-order valence-electron chi connectivity index (χ0n) is 58.4. The SMILES string of the molecule is COC(=O)[C@H](CCCCNC(=O)c1cc(NC(=O)NCCOCCOCCNC(=O)CN2CCN(CC(=O)O)CCN(CC(=O)O)CCN(CC(=O)O)CC2)cc(C(=O)NCCCC[C@H](NC(=O)CCCC[C@@H]2SC[C@@H]3N=C(N)N[C@@H]32)C(=O)OC)c1)NC(=O)CCCC[C@@H]1SC[C@@H]2N=C(N)N[C@@H]21. The van der Waals surface area contributed by atoms with Crippen LogP contribution >= 0.6 is 23.5 Å². The number of nitrogens with one attached hydrogen (secondary N) is 9. The molecule has 0 aromatic heterocycles. The van der Waals surface area contributed by atoms with Crippen LogP contribution in [0, 0.1) is 0 Å². The molecule has 5 aliphatic heterocycles. The number of amides is 7. The summed E-state index contributed by atoms with van der Waals surface area (Å²) < 4.78 is 21.2. The number of anilines is 1. The molecule has 37 heteroatoms. The number of hydrogen-bond donors (Lipinski definition) is 14. The number of methoxy groups -OCH3 is 2. The van der Waals surface area contributed by atoms with E-state index in [9.17, 15) is 68.1 Å². The number of nitrogens with zero attached hydrogens (tertiary/aromatic N) is 6. The molecule has 35 nitrogen and oxygen atoms in total. The van der Waals surface area contributed by atoms with E-state index in [-0.39, 0.29) is 216 Å². The van der Waals surface area contributed by atoms with Crippen molar-refractivity contribution in [3.05, 3.63) is 29.3 Å². The largest absolute Gasteiger partial charge is 0.480 e. The quantitative estimate of drug-likeness (QED) is 0.0253. The summed E-state index contributed by atoms with van der Waals surface area (Å²) in [6, 6.07) is 2.49. The van der Waals surface area contributed by atoms with E-state index in [1.807, 2.05) is 23.5 Å². The van der Waals surface area contributed by atoms with Crippen LogP contribution in [0.3, 0.4) is 0 Å². The number of carboxylic acid groups (broad SMARTS) is 3. The monoisotopic (exact) mass is 1480 g/mol. The summed E-state index contributed by atoms with van der Waals surface area (Å²) >= 11 is 3.70. The average Bonchev–Trinajstić information content (AvgIpc) is 1.63. The van der Waals surface area contributed by atoms with Gasteiger partial charge in [-0.15, -0.1) is 0 Å². The van der Waals surface area contributed by atoms with Crippen LogP contribution in [0.4, 0.5) is 10.5 Å². The second-order valence-electron chi connectivity index (χ2n) is 25.6. The van der Waals surface area contributed by atoms with Gasteiger partial charge in [0.05, 0.1) is 91.0 Å². The van der Waals surface area contributed by atoms with Crippen molar-refractivity contribution in [3.63, 3.8) is 0 Å². The maximum absolute atomic E-state index is 13.7. The summed E-state index contributed by atoms with van der Waals surface area (Å²) in [6.45, 7) is 2.19. The van der Waals surface area contributed by atoms with Crippen molar-refractivity contribution in [2.24, 2.45) is 21.5 Å². The fraction of sp³-hybridized carbons (Fsp3) is 0.708. The molecule has 1 aromatic rings. The molecule has 3 fully saturated rings. The van der Waals surface area contributed by atoms with E-state index in [0.717, 1.165) is 37.2 Å².